The van der Waals surface area contributed by atoms with Crippen LogP contribution >= 0.6 is 15.9 Å². The maximum Gasteiger partial charge on any atom is 0.0415 e. The number of hydrogen-bond donors (Lipinski definition) is 1. The molecule has 2 aromatic rings. The lowest BCUT2D eigenvalue weighted by atomic mass is 10.2. The highest BCUT2D eigenvalue weighted by atomic mass is 79.9. The molecular weight excluding hydrogens is 276 g/mol. The van der Waals surface area contributed by atoms with Crippen molar-refractivity contribution >= 4 is 21.6 Å². The number of aromatic nitrogens is 1. The normalized spacial score (nSPS) is 10.5. The van der Waals surface area contributed by atoms with Gasteiger partial charge in [-0.25, -0.2) is 0 Å². The third-order valence-electron chi connectivity index (χ3n) is 2.93. The van der Waals surface area contributed by atoms with E-state index in [0.717, 1.165) is 17.6 Å². The number of hydrogen-bond acceptors (Lipinski definition) is 1. The minimum atomic E-state index is 0.865. The summed E-state index contributed by atoms with van der Waals surface area (Å²) in [7, 11) is 0. The molecule has 1 N–H and O–H groups in total. The molecule has 0 radical (unpaired) electrons. The molecule has 2 rings (SSSR count). The summed E-state index contributed by atoms with van der Waals surface area (Å²) in [5, 5.41) is 3.46. The molecule has 1 aromatic heterocycles. The smallest absolute Gasteiger partial charge is 0.0415 e. The maximum absolute atomic E-state index is 3.54. The Morgan fingerprint density at radius 2 is 2.12 bits per heavy atom. The number of nitrogens with one attached hydrogen (secondary N) is 1. The van der Waals surface area contributed by atoms with Crippen LogP contribution < -0.4 is 5.32 Å². The summed E-state index contributed by atoms with van der Waals surface area (Å²) in [4.78, 5) is 0. The Balaban J connectivity index is 2.04. The lowest BCUT2D eigenvalue weighted by Crippen LogP contribution is -2.00. The van der Waals surface area contributed by atoms with E-state index in [4.69, 9.17) is 0 Å². The molecule has 0 amide bonds. The van der Waals surface area contributed by atoms with Gasteiger partial charge in [0.05, 0.1) is 0 Å². The van der Waals surface area contributed by atoms with Crippen LogP contribution in [0.2, 0.25) is 0 Å². The molecule has 0 saturated heterocycles. The van der Waals surface area contributed by atoms with Crippen LogP contribution in [0.1, 0.15) is 18.1 Å². The Kier molecular flexibility index (Phi) is 3.89. The first-order valence-corrected chi connectivity index (χ1v) is 6.63. The van der Waals surface area contributed by atoms with Crippen molar-refractivity contribution in [1.29, 1.82) is 0 Å². The number of halogens is 1. The Labute approximate surface area is 111 Å². The van der Waals surface area contributed by atoms with Crippen molar-refractivity contribution in [2.24, 2.45) is 0 Å². The predicted molar refractivity (Wildman–Crippen MR) is 76.3 cm³/mol. The van der Waals surface area contributed by atoms with E-state index in [9.17, 15) is 0 Å². The third kappa shape index (κ3) is 2.91. The molecule has 3 heteroatoms. The van der Waals surface area contributed by atoms with Crippen LogP contribution in [-0.4, -0.2) is 4.57 Å². The van der Waals surface area contributed by atoms with Crippen molar-refractivity contribution < 1.29 is 0 Å². The third-order valence-corrected chi connectivity index (χ3v) is 3.79. The van der Waals surface area contributed by atoms with Gasteiger partial charge in [-0.1, -0.05) is 22.0 Å². The average molecular weight is 293 g/mol. The number of benzene rings is 1. The van der Waals surface area contributed by atoms with Crippen LogP contribution in [0.15, 0.2) is 41.1 Å². The van der Waals surface area contributed by atoms with Crippen LogP contribution in [0, 0.1) is 6.92 Å². The average Bonchev–Trinajstić information content (AvgIpc) is 2.79. The summed E-state index contributed by atoms with van der Waals surface area (Å²) in [5.74, 6) is 0. The monoisotopic (exact) mass is 292 g/mol. The lowest BCUT2D eigenvalue weighted by Gasteiger charge is -2.09. The van der Waals surface area contributed by atoms with Gasteiger partial charge in [-0.3, -0.25) is 0 Å². The molecule has 0 aliphatic carbocycles. The van der Waals surface area contributed by atoms with Gasteiger partial charge in [-0.15, -0.1) is 0 Å². The first-order valence-electron chi connectivity index (χ1n) is 5.84. The predicted octanol–water partition coefficient (Wildman–Crippen LogP) is 4.19. The molecule has 0 saturated carbocycles. The SMILES string of the molecule is CCn1ccc(CNc2cccc(Br)c2C)c1. The maximum atomic E-state index is 3.54. The highest BCUT2D eigenvalue weighted by molar-refractivity contribution is 9.10. The van der Waals surface area contributed by atoms with Gasteiger partial charge in [0.1, 0.15) is 0 Å². The molecule has 0 unspecified atom stereocenters. The van der Waals surface area contributed by atoms with E-state index in [1.807, 2.05) is 0 Å². The second-order valence-corrected chi connectivity index (χ2v) is 4.97. The largest absolute Gasteiger partial charge is 0.381 e. The zero-order valence-corrected chi connectivity index (χ0v) is 11.8. The van der Waals surface area contributed by atoms with E-state index in [-0.39, 0.29) is 0 Å². The molecule has 0 fully saturated rings. The molecule has 0 bridgehead atoms. The van der Waals surface area contributed by atoms with Crippen molar-refractivity contribution in [1.82, 2.24) is 4.57 Å². The summed E-state index contributed by atoms with van der Waals surface area (Å²) in [6.07, 6.45) is 4.30. The van der Waals surface area contributed by atoms with Crippen molar-refractivity contribution in [2.45, 2.75) is 26.9 Å². The van der Waals surface area contributed by atoms with Gasteiger partial charge in [0.2, 0.25) is 0 Å². The Hall–Kier alpha value is -1.22. The molecule has 17 heavy (non-hydrogen) atoms. The first kappa shape index (κ1) is 12.2. The van der Waals surface area contributed by atoms with Gasteiger partial charge in [0.25, 0.3) is 0 Å². The van der Waals surface area contributed by atoms with Gasteiger partial charge < -0.3 is 9.88 Å². The molecular formula is C14H17BrN2. The van der Waals surface area contributed by atoms with Gasteiger partial charge in [-0.2, -0.15) is 0 Å². The second kappa shape index (κ2) is 5.41. The Bertz CT molecular complexity index is 503. The minimum Gasteiger partial charge on any atom is -0.381 e. The van der Waals surface area contributed by atoms with Gasteiger partial charge in [0, 0.05) is 35.6 Å². The van der Waals surface area contributed by atoms with E-state index in [0.29, 0.717) is 0 Å². The van der Waals surface area contributed by atoms with Crippen molar-refractivity contribution in [3.8, 4) is 0 Å². The molecule has 0 aliphatic rings. The van der Waals surface area contributed by atoms with E-state index < -0.39 is 0 Å². The summed E-state index contributed by atoms with van der Waals surface area (Å²) in [6.45, 7) is 6.15. The zero-order chi connectivity index (χ0) is 12.3. The number of nitrogens with zero attached hydrogens (tertiary/aromatic N) is 1. The van der Waals surface area contributed by atoms with Crippen molar-refractivity contribution in [3.05, 3.63) is 52.3 Å². The van der Waals surface area contributed by atoms with Crippen LogP contribution in [0.5, 0.6) is 0 Å². The number of anilines is 1. The van der Waals surface area contributed by atoms with E-state index >= 15 is 0 Å². The fourth-order valence-electron chi connectivity index (χ4n) is 1.79. The summed E-state index contributed by atoms with van der Waals surface area (Å²) < 4.78 is 3.33. The van der Waals surface area contributed by atoms with Crippen molar-refractivity contribution in [3.63, 3.8) is 0 Å². The number of rotatable bonds is 4. The van der Waals surface area contributed by atoms with Gasteiger partial charge in [-0.05, 0) is 43.2 Å². The highest BCUT2D eigenvalue weighted by Gasteiger charge is 2.01. The summed E-state index contributed by atoms with van der Waals surface area (Å²) in [5.41, 5.74) is 3.75. The van der Waals surface area contributed by atoms with Gasteiger partial charge >= 0.3 is 0 Å². The minimum absolute atomic E-state index is 0.865. The fraction of sp³-hybridized carbons (Fsp3) is 0.286. The topological polar surface area (TPSA) is 17.0 Å². The fourth-order valence-corrected chi connectivity index (χ4v) is 2.15. The molecule has 2 nitrogen and oxygen atoms in total. The highest BCUT2D eigenvalue weighted by Crippen LogP contribution is 2.23. The van der Waals surface area contributed by atoms with Crippen LogP contribution in [-0.2, 0) is 13.1 Å². The standard InChI is InChI=1S/C14H17BrN2/c1-3-17-8-7-12(10-17)9-16-14-6-4-5-13(15)11(14)2/h4-8,10,16H,3,9H2,1-2H3. The molecule has 0 atom stereocenters. The molecule has 90 valence electrons. The van der Waals surface area contributed by atoms with E-state index in [1.54, 1.807) is 0 Å². The van der Waals surface area contributed by atoms with Crippen LogP contribution in [0.25, 0.3) is 0 Å². The quantitative estimate of drug-likeness (QED) is 0.894. The van der Waals surface area contributed by atoms with Crippen LogP contribution in [0.3, 0.4) is 0 Å². The van der Waals surface area contributed by atoms with Crippen LogP contribution in [0.4, 0.5) is 5.69 Å². The second-order valence-electron chi connectivity index (χ2n) is 4.12. The molecule has 0 spiro atoms. The van der Waals surface area contributed by atoms with Crippen molar-refractivity contribution in [2.75, 3.05) is 5.32 Å². The van der Waals surface area contributed by atoms with E-state index in [1.165, 1.54) is 16.8 Å². The lowest BCUT2D eigenvalue weighted by molar-refractivity contribution is 0.766. The molecule has 0 aliphatic heterocycles. The Morgan fingerprint density at radius 3 is 2.82 bits per heavy atom. The summed E-state index contributed by atoms with van der Waals surface area (Å²) in [6, 6.07) is 8.38. The van der Waals surface area contributed by atoms with E-state index in [2.05, 4.69) is 76.3 Å². The Morgan fingerprint density at radius 1 is 1.29 bits per heavy atom. The zero-order valence-electron chi connectivity index (χ0n) is 10.2. The van der Waals surface area contributed by atoms with Gasteiger partial charge in [0.15, 0.2) is 0 Å². The molecule has 1 heterocycles. The summed E-state index contributed by atoms with van der Waals surface area (Å²) >= 11 is 3.54. The molecule has 1 aromatic carbocycles. The number of aryl methyl sites for hydroxylation is 1. The first-order chi connectivity index (χ1) is 8.20.